The van der Waals surface area contributed by atoms with Gasteiger partial charge in [0.1, 0.15) is 0 Å². The van der Waals surface area contributed by atoms with Gasteiger partial charge in [0.05, 0.1) is 5.01 Å². The van der Waals surface area contributed by atoms with Crippen LogP contribution in [0.5, 0.6) is 0 Å². The summed E-state index contributed by atoms with van der Waals surface area (Å²) >= 11 is 1.76. The fraction of sp³-hybridized carbons (Fsp3) is 0.786. The van der Waals surface area contributed by atoms with Crippen molar-refractivity contribution in [2.24, 2.45) is 17.6 Å². The Hall–Kier alpha value is -0.410. The van der Waals surface area contributed by atoms with Crippen LogP contribution in [0, 0.1) is 18.8 Å². The van der Waals surface area contributed by atoms with E-state index in [0.717, 1.165) is 24.0 Å². The highest BCUT2D eigenvalue weighted by atomic mass is 32.1. The molecular weight excluding hydrogens is 228 g/mol. The van der Waals surface area contributed by atoms with E-state index in [2.05, 4.69) is 24.2 Å². The van der Waals surface area contributed by atoms with Gasteiger partial charge >= 0.3 is 0 Å². The lowest BCUT2D eigenvalue weighted by Crippen LogP contribution is -2.38. The van der Waals surface area contributed by atoms with E-state index >= 15 is 0 Å². The number of hydrogen-bond donors (Lipinski definition) is 1. The van der Waals surface area contributed by atoms with E-state index in [-0.39, 0.29) is 0 Å². The molecule has 2 N–H and O–H groups in total. The summed E-state index contributed by atoms with van der Waals surface area (Å²) in [7, 11) is 0. The molecule has 1 aliphatic carbocycles. The molecule has 0 radical (unpaired) electrons. The third-order valence-corrected chi connectivity index (χ3v) is 5.11. The van der Waals surface area contributed by atoms with Crippen molar-refractivity contribution in [2.45, 2.75) is 58.4 Å². The lowest BCUT2D eigenvalue weighted by molar-refractivity contribution is 0.195. The van der Waals surface area contributed by atoms with E-state index < -0.39 is 0 Å². The number of nitrogens with two attached hydrogens (primary N) is 1. The fourth-order valence-electron chi connectivity index (χ4n) is 3.16. The summed E-state index contributed by atoms with van der Waals surface area (Å²) in [4.78, 5) is 4.53. The predicted octanol–water partition coefficient (Wildman–Crippen LogP) is 3.54. The largest absolute Gasteiger partial charge is 0.327 e. The van der Waals surface area contributed by atoms with Crippen LogP contribution in [0.25, 0.3) is 0 Å². The Morgan fingerprint density at radius 1 is 1.47 bits per heavy atom. The van der Waals surface area contributed by atoms with E-state index in [1.165, 1.54) is 37.1 Å². The van der Waals surface area contributed by atoms with Crippen molar-refractivity contribution in [3.8, 4) is 0 Å². The molecule has 3 atom stereocenters. The summed E-state index contributed by atoms with van der Waals surface area (Å²) in [5.41, 5.74) is 7.55. The maximum absolute atomic E-state index is 6.42. The minimum Gasteiger partial charge on any atom is -0.327 e. The maximum atomic E-state index is 6.42. The molecule has 0 spiro atoms. The molecular formula is C14H24N2S. The number of nitrogens with zero attached hydrogens (tertiary/aromatic N) is 1. The third-order valence-electron chi connectivity index (χ3n) is 4.12. The van der Waals surface area contributed by atoms with Crippen LogP contribution < -0.4 is 5.73 Å². The van der Waals surface area contributed by atoms with Gasteiger partial charge in [-0.2, -0.15) is 0 Å². The zero-order chi connectivity index (χ0) is 12.3. The second-order valence-corrected chi connectivity index (χ2v) is 6.31. The summed E-state index contributed by atoms with van der Waals surface area (Å²) in [6, 6.07) is 0.311. The van der Waals surface area contributed by atoms with E-state index in [1.54, 1.807) is 11.3 Å². The average molecular weight is 252 g/mol. The highest BCUT2D eigenvalue weighted by Gasteiger charge is 2.29. The summed E-state index contributed by atoms with van der Waals surface area (Å²) in [5.74, 6) is 1.57. The molecule has 1 fully saturated rings. The van der Waals surface area contributed by atoms with Gasteiger partial charge in [0.25, 0.3) is 0 Å². The zero-order valence-electron chi connectivity index (χ0n) is 11.0. The van der Waals surface area contributed by atoms with Crippen LogP contribution in [0.15, 0.2) is 5.38 Å². The Kier molecular flexibility index (Phi) is 4.57. The molecule has 1 aromatic rings. The third kappa shape index (κ3) is 3.29. The van der Waals surface area contributed by atoms with Crippen LogP contribution in [0.3, 0.4) is 0 Å². The molecule has 1 saturated carbocycles. The van der Waals surface area contributed by atoms with Gasteiger partial charge in [-0.3, -0.25) is 0 Å². The van der Waals surface area contributed by atoms with E-state index in [0.29, 0.717) is 6.04 Å². The van der Waals surface area contributed by atoms with Crippen molar-refractivity contribution < 1.29 is 0 Å². The van der Waals surface area contributed by atoms with E-state index in [9.17, 15) is 0 Å². The quantitative estimate of drug-likeness (QED) is 0.890. The molecule has 0 aliphatic heterocycles. The highest BCUT2D eigenvalue weighted by Crippen LogP contribution is 2.34. The summed E-state index contributed by atoms with van der Waals surface area (Å²) in [6.07, 6.45) is 7.73. The van der Waals surface area contributed by atoms with Crippen molar-refractivity contribution in [1.82, 2.24) is 4.98 Å². The summed E-state index contributed by atoms with van der Waals surface area (Å²) in [6.45, 7) is 4.37. The lowest BCUT2D eigenvalue weighted by Gasteiger charge is -2.34. The molecule has 1 aromatic heterocycles. The minimum atomic E-state index is 0.311. The van der Waals surface area contributed by atoms with Crippen molar-refractivity contribution in [2.75, 3.05) is 0 Å². The van der Waals surface area contributed by atoms with Gasteiger partial charge in [0, 0.05) is 23.5 Å². The number of rotatable bonds is 4. The number of aryl methyl sites for hydroxylation is 1. The van der Waals surface area contributed by atoms with Crippen LogP contribution >= 0.6 is 11.3 Å². The van der Waals surface area contributed by atoms with Gasteiger partial charge < -0.3 is 5.73 Å². The Morgan fingerprint density at radius 3 is 2.88 bits per heavy atom. The van der Waals surface area contributed by atoms with E-state index in [4.69, 9.17) is 5.73 Å². The first-order valence-electron chi connectivity index (χ1n) is 6.87. The SMILES string of the molecule is CCC1CCCCC1C(N)Cc1nc(C)cs1. The Balaban J connectivity index is 1.95. The van der Waals surface area contributed by atoms with Gasteiger partial charge in [-0.15, -0.1) is 11.3 Å². The van der Waals surface area contributed by atoms with Gasteiger partial charge in [-0.05, 0) is 25.2 Å². The molecule has 2 rings (SSSR count). The first-order chi connectivity index (χ1) is 8.20. The molecule has 0 saturated heterocycles. The monoisotopic (exact) mass is 252 g/mol. The zero-order valence-corrected chi connectivity index (χ0v) is 11.8. The standard InChI is InChI=1S/C14H24N2S/c1-3-11-6-4-5-7-12(11)13(15)8-14-16-10(2)9-17-14/h9,11-13H,3-8,15H2,1-2H3. The highest BCUT2D eigenvalue weighted by molar-refractivity contribution is 7.09. The first kappa shape index (κ1) is 13.0. The van der Waals surface area contributed by atoms with Gasteiger partial charge in [0.2, 0.25) is 0 Å². The molecule has 1 aliphatic rings. The first-order valence-corrected chi connectivity index (χ1v) is 7.75. The fourth-order valence-corrected chi connectivity index (χ4v) is 4.00. The molecule has 96 valence electrons. The number of aromatic nitrogens is 1. The van der Waals surface area contributed by atoms with Crippen LogP contribution in [0.4, 0.5) is 0 Å². The smallest absolute Gasteiger partial charge is 0.0943 e. The lowest BCUT2D eigenvalue weighted by atomic mass is 9.73. The Bertz CT molecular complexity index is 348. The molecule has 17 heavy (non-hydrogen) atoms. The van der Waals surface area contributed by atoms with Gasteiger partial charge in [0.15, 0.2) is 0 Å². The van der Waals surface area contributed by atoms with Crippen molar-refractivity contribution >= 4 is 11.3 Å². The summed E-state index contributed by atoms with van der Waals surface area (Å²) < 4.78 is 0. The van der Waals surface area contributed by atoms with E-state index in [1.807, 2.05) is 0 Å². The predicted molar refractivity (Wildman–Crippen MR) is 74.3 cm³/mol. The molecule has 3 heteroatoms. The molecule has 0 bridgehead atoms. The maximum Gasteiger partial charge on any atom is 0.0943 e. The van der Waals surface area contributed by atoms with Crippen molar-refractivity contribution in [1.29, 1.82) is 0 Å². The molecule has 0 amide bonds. The van der Waals surface area contributed by atoms with Gasteiger partial charge in [-0.1, -0.05) is 32.6 Å². The molecule has 2 nitrogen and oxygen atoms in total. The molecule has 3 unspecified atom stereocenters. The van der Waals surface area contributed by atoms with Crippen LogP contribution in [-0.4, -0.2) is 11.0 Å². The number of hydrogen-bond acceptors (Lipinski definition) is 3. The average Bonchev–Trinajstić information content (AvgIpc) is 2.74. The van der Waals surface area contributed by atoms with Crippen LogP contribution in [-0.2, 0) is 6.42 Å². The second kappa shape index (κ2) is 5.96. The number of thiazole rings is 1. The van der Waals surface area contributed by atoms with Crippen molar-refractivity contribution in [3.05, 3.63) is 16.1 Å². The van der Waals surface area contributed by atoms with Crippen LogP contribution in [0.1, 0.15) is 49.7 Å². The Morgan fingerprint density at radius 2 is 2.24 bits per heavy atom. The summed E-state index contributed by atoms with van der Waals surface area (Å²) in [5, 5.41) is 3.34. The topological polar surface area (TPSA) is 38.9 Å². The minimum absolute atomic E-state index is 0.311. The molecule has 0 aromatic carbocycles. The van der Waals surface area contributed by atoms with Gasteiger partial charge in [-0.25, -0.2) is 4.98 Å². The Labute approximate surface area is 109 Å². The van der Waals surface area contributed by atoms with Crippen LogP contribution in [0.2, 0.25) is 0 Å². The second-order valence-electron chi connectivity index (χ2n) is 5.37. The molecule has 1 heterocycles. The van der Waals surface area contributed by atoms with Crippen molar-refractivity contribution in [3.63, 3.8) is 0 Å². The normalized spacial score (nSPS) is 27.0.